The van der Waals surface area contributed by atoms with E-state index in [-0.39, 0.29) is 17.7 Å². The third kappa shape index (κ3) is 3.47. The quantitative estimate of drug-likeness (QED) is 0.730. The standard InChI is InChI=1S/C21H23N5O2/c1-13-5-6-17-16(10-13)19(25-24-17)21(28)26-9-7-15(12-26)20(27)23-11-18-14(2)4-3-8-22-18/h3-6,8,10,15H,7,9,11-12H2,1-2H3,(H,23,27)(H,24,25). The lowest BCUT2D eigenvalue weighted by Crippen LogP contribution is -2.34. The minimum Gasteiger partial charge on any atom is -0.350 e. The summed E-state index contributed by atoms with van der Waals surface area (Å²) in [6, 6.07) is 9.71. The first-order chi connectivity index (χ1) is 13.5. The van der Waals surface area contributed by atoms with Gasteiger partial charge in [-0.05, 0) is 44.0 Å². The summed E-state index contributed by atoms with van der Waals surface area (Å²) < 4.78 is 0. The number of carbonyl (C=O) groups excluding carboxylic acids is 2. The number of nitrogens with zero attached hydrogens (tertiary/aromatic N) is 3. The van der Waals surface area contributed by atoms with Crippen LogP contribution in [0.4, 0.5) is 0 Å². The van der Waals surface area contributed by atoms with E-state index >= 15 is 0 Å². The van der Waals surface area contributed by atoms with E-state index in [0.29, 0.717) is 31.7 Å². The lowest BCUT2D eigenvalue weighted by Gasteiger charge is -2.15. The zero-order valence-corrected chi connectivity index (χ0v) is 16.0. The van der Waals surface area contributed by atoms with Gasteiger partial charge in [-0.3, -0.25) is 19.7 Å². The van der Waals surface area contributed by atoms with Crippen molar-refractivity contribution in [2.45, 2.75) is 26.8 Å². The number of carbonyl (C=O) groups is 2. The first-order valence-corrected chi connectivity index (χ1v) is 9.45. The summed E-state index contributed by atoms with van der Waals surface area (Å²) in [5, 5.41) is 10.9. The van der Waals surface area contributed by atoms with Gasteiger partial charge in [-0.25, -0.2) is 0 Å². The second-order valence-corrected chi connectivity index (χ2v) is 7.34. The zero-order valence-electron chi connectivity index (χ0n) is 16.0. The molecule has 1 unspecified atom stereocenters. The van der Waals surface area contributed by atoms with E-state index in [1.807, 2.05) is 44.2 Å². The van der Waals surface area contributed by atoms with Crippen LogP contribution in [0.25, 0.3) is 10.9 Å². The van der Waals surface area contributed by atoms with Gasteiger partial charge in [0.25, 0.3) is 5.91 Å². The molecule has 1 aromatic carbocycles. The van der Waals surface area contributed by atoms with Crippen LogP contribution in [0.5, 0.6) is 0 Å². The predicted octanol–water partition coefficient (Wildman–Crippen LogP) is 2.35. The van der Waals surface area contributed by atoms with Crippen molar-refractivity contribution in [2.75, 3.05) is 13.1 Å². The Labute approximate surface area is 163 Å². The average molecular weight is 377 g/mol. The molecule has 0 saturated carbocycles. The molecule has 3 heterocycles. The molecule has 3 aromatic rings. The van der Waals surface area contributed by atoms with Crippen LogP contribution < -0.4 is 5.32 Å². The van der Waals surface area contributed by atoms with Crippen molar-refractivity contribution in [3.8, 4) is 0 Å². The Balaban J connectivity index is 1.40. The summed E-state index contributed by atoms with van der Waals surface area (Å²) in [6.45, 7) is 5.32. The van der Waals surface area contributed by atoms with Crippen molar-refractivity contribution < 1.29 is 9.59 Å². The summed E-state index contributed by atoms with van der Waals surface area (Å²) in [6.07, 6.45) is 2.38. The molecule has 1 saturated heterocycles. The van der Waals surface area contributed by atoms with Crippen molar-refractivity contribution >= 4 is 22.7 Å². The number of aryl methyl sites for hydroxylation is 2. The molecule has 2 amide bonds. The number of hydrogen-bond acceptors (Lipinski definition) is 4. The van der Waals surface area contributed by atoms with Gasteiger partial charge in [0.1, 0.15) is 0 Å². The van der Waals surface area contributed by atoms with Gasteiger partial charge in [0.2, 0.25) is 5.91 Å². The zero-order chi connectivity index (χ0) is 19.7. The van der Waals surface area contributed by atoms with Crippen LogP contribution in [0.1, 0.15) is 33.7 Å². The number of likely N-dealkylation sites (tertiary alicyclic amines) is 1. The molecule has 4 rings (SSSR count). The topological polar surface area (TPSA) is 91.0 Å². The summed E-state index contributed by atoms with van der Waals surface area (Å²) in [4.78, 5) is 31.5. The summed E-state index contributed by atoms with van der Waals surface area (Å²) in [5.41, 5.74) is 4.25. The Hall–Kier alpha value is -3.22. The highest BCUT2D eigenvalue weighted by Crippen LogP contribution is 2.23. The fraction of sp³-hybridized carbons (Fsp3) is 0.333. The molecule has 2 N–H and O–H groups in total. The molecule has 0 spiro atoms. The van der Waals surface area contributed by atoms with E-state index in [2.05, 4.69) is 20.5 Å². The molecule has 1 aliphatic rings. The molecular formula is C21H23N5O2. The van der Waals surface area contributed by atoms with Crippen molar-refractivity contribution in [3.63, 3.8) is 0 Å². The van der Waals surface area contributed by atoms with Crippen LogP contribution in [0.2, 0.25) is 0 Å². The number of aromatic nitrogens is 3. The molecule has 0 aliphatic carbocycles. The van der Waals surface area contributed by atoms with E-state index in [9.17, 15) is 9.59 Å². The first kappa shape index (κ1) is 18.2. The number of aromatic amines is 1. The van der Waals surface area contributed by atoms with Crippen molar-refractivity contribution in [2.24, 2.45) is 5.92 Å². The minimum atomic E-state index is -0.208. The molecule has 28 heavy (non-hydrogen) atoms. The third-order valence-electron chi connectivity index (χ3n) is 5.32. The second-order valence-electron chi connectivity index (χ2n) is 7.34. The number of hydrogen-bond donors (Lipinski definition) is 2. The van der Waals surface area contributed by atoms with Gasteiger partial charge in [0, 0.05) is 24.7 Å². The second kappa shape index (κ2) is 7.42. The Bertz CT molecular complexity index is 1040. The van der Waals surface area contributed by atoms with Crippen molar-refractivity contribution in [1.82, 2.24) is 25.4 Å². The van der Waals surface area contributed by atoms with Crippen LogP contribution in [0.3, 0.4) is 0 Å². The van der Waals surface area contributed by atoms with Gasteiger partial charge in [-0.15, -0.1) is 0 Å². The number of amides is 2. The van der Waals surface area contributed by atoms with E-state index in [1.54, 1.807) is 11.1 Å². The number of pyridine rings is 1. The lowest BCUT2D eigenvalue weighted by molar-refractivity contribution is -0.124. The fourth-order valence-corrected chi connectivity index (χ4v) is 3.62. The normalized spacial score (nSPS) is 16.5. The lowest BCUT2D eigenvalue weighted by atomic mass is 10.1. The molecule has 1 fully saturated rings. The largest absolute Gasteiger partial charge is 0.350 e. The molecule has 144 valence electrons. The van der Waals surface area contributed by atoms with Crippen LogP contribution in [-0.2, 0) is 11.3 Å². The van der Waals surface area contributed by atoms with Crippen LogP contribution in [0, 0.1) is 19.8 Å². The maximum atomic E-state index is 12.9. The SMILES string of the molecule is Cc1ccc2[nH]nc(C(=O)N3CCC(C(=O)NCc4ncccc4C)C3)c2c1. The smallest absolute Gasteiger partial charge is 0.275 e. The van der Waals surface area contributed by atoms with Gasteiger partial charge in [-0.2, -0.15) is 5.10 Å². The van der Waals surface area contributed by atoms with Crippen LogP contribution >= 0.6 is 0 Å². The fourth-order valence-electron chi connectivity index (χ4n) is 3.62. The molecule has 0 bridgehead atoms. The van der Waals surface area contributed by atoms with E-state index in [1.165, 1.54) is 0 Å². The number of rotatable bonds is 4. The monoisotopic (exact) mass is 377 g/mol. The molecule has 1 atom stereocenters. The molecule has 0 radical (unpaired) electrons. The average Bonchev–Trinajstić information content (AvgIpc) is 3.34. The van der Waals surface area contributed by atoms with E-state index < -0.39 is 0 Å². The minimum absolute atomic E-state index is 0.0388. The van der Waals surface area contributed by atoms with Crippen LogP contribution in [-0.4, -0.2) is 45.0 Å². The van der Waals surface area contributed by atoms with Gasteiger partial charge < -0.3 is 10.2 Å². The molecular weight excluding hydrogens is 354 g/mol. The summed E-state index contributed by atoms with van der Waals surface area (Å²) in [5.74, 6) is -0.379. The summed E-state index contributed by atoms with van der Waals surface area (Å²) >= 11 is 0. The van der Waals surface area contributed by atoms with Crippen molar-refractivity contribution in [1.29, 1.82) is 0 Å². The molecule has 1 aliphatic heterocycles. The summed E-state index contributed by atoms with van der Waals surface area (Å²) in [7, 11) is 0. The Morgan fingerprint density at radius 1 is 1.29 bits per heavy atom. The number of fused-ring (bicyclic) bond motifs is 1. The van der Waals surface area contributed by atoms with Gasteiger partial charge >= 0.3 is 0 Å². The number of nitrogens with one attached hydrogen (secondary N) is 2. The molecule has 2 aromatic heterocycles. The highest BCUT2D eigenvalue weighted by atomic mass is 16.2. The van der Waals surface area contributed by atoms with E-state index in [4.69, 9.17) is 0 Å². The van der Waals surface area contributed by atoms with E-state index in [0.717, 1.165) is 27.7 Å². The predicted molar refractivity (Wildman–Crippen MR) is 106 cm³/mol. The highest BCUT2D eigenvalue weighted by Gasteiger charge is 2.32. The number of benzene rings is 1. The first-order valence-electron chi connectivity index (χ1n) is 9.45. The van der Waals surface area contributed by atoms with Gasteiger partial charge in [0.05, 0.1) is 23.7 Å². The van der Waals surface area contributed by atoms with Crippen LogP contribution in [0.15, 0.2) is 36.5 Å². The number of H-pyrrole nitrogens is 1. The highest BCUT2D eigenvalue weighted by molar-refractivity contribution is 6.05. The third-order valence-corrected chi connectivity index (χ3v) is 5.32. The van der Waals surface area contributed by atoms with Crippen molar-refractivity contribution in [3.05, 3.63) is 59.0 Å². The van der Waals surface area contributed by atoms with Gasteiger partial charge in [-0.1, -0.05) is 17.7 Å². The van der Waals surface area contributed by atoms with Gasteiger partial charge in [0.15, 0.2) is 5.69 Å². The maximum Gasteiger partial charge on any atom is 0.275 e. The Morgan fingerprint density at radius 2 is 2.14 bits per heavy atom. The Morgan fingerprint density at radius 3 is 2.96 bits per heavy atom. The molecule has 7 nitrogen and oxygen atoms in total. The Kier molecular flexibility index (Phi) is 4.81. The molecule has 7 heteroatoms. The maximum absolute atomic E-state index is 12.9.